The van der Waals surface area contributed by atoms with Crippen molar-refractivity contribution >= 4 is 28.7 Å². The zero-order valence-electron chi connectivity index (χ0n) is 21.4. The maximum absolute atomic E-state index is 6.93. The molecule has 2 nitrogen and oxygen atoms in total. The van der Waals surface area contributed by atoms with E-state index in [-0.39, 0.29) is 6.71 Å². The number of hydrogen-bond acceptors (Lipinski definition) is 2. The van der Waals surface area contributed by atoms with Gasteiger partial charge in [0.15, 0.2) is 0 Å². The Morgan fingerprint density at radius 1 is 0.590 bits per heavy atom. The van der Waals surface area contributed by atoms with E-state index in [1.54, 1.807) is 6.08 Å². The second-order valence-electron chi connectivity index (χ2n) is 9.73. The molecule has 0 radical (unpaired) electrons. The summed E-state index contributed by atoms with van der Waals surface area (Å²) < 4.78 is 13.6. The third-order valence-electron chi connectivity index (χ3n) is 7.57. The van der Waals surface area contributed by atoms with Crippen molar-refractivity contribution in [1.29, 1.82) is 0 Å². The van der Waals surface area contributed by atoms with Gasteiger partial charge in [0, 0.05) is 22.2 Å². The first kappa shape index (κ1) is 23.1. The van der Waals surface area contributed by atoms with Gasteiger partial charge in [-0.3, -0.25) is 0 Å². The highest BCUT2D eigenvalue weighted by atomic mass is 16.5. The lowest BCUT2D eigenvalue weighted by Gasteiger charge is -2.35. The Hall–Kier alpha value is -5.02. The fraction of sp³-hybridized carbons (Fsp3) is 0. The average molecular weight is 500 g/mol. The Kier molecular flexibility index (Phi) is 5.56. The molecule has 0 aliphatic carbocycles. The van der Waals surface area contributed by atoms with Gasteiger partial charge in [0.2, 0.25) is 0 Å². The van der Waals surface area contributed by atoms with E-state index >= 15 is 0 Å². The minimum atomic E-state index is -0.0513. The van der Waals surface area contributed by atoms with Gasteiger partial charge >= 0.3 is 0 Å². The summed E-state index contributed by atoms with van der Waals surface area (Å²) >= 11 is 0. The first-order chi connectivity index (χ1) is 19.3. The fourth-order valence-corrected chi connectivity index (χ4v) is 5.85. The molecule has 0 N–H and O–H groups in total. The molecule has 2 aliphatic rings. The summed E-state index contributed by atoms with van der Waals surface area (Å²) in [7, 11) is 0. The van der Waals surface area contributed by atoms with E-state index in [1.807, 2.05) is 24.3 Å². The molecule has 0 fully saturated rings. The van der Waals surface area contributed by atoms with E-state index in [0.29, 0.717) is 0 Å². The van der Waals surface area contributed by atoms with Gasteiger partial charge in [-0.05, 0) is 39.8 Å². The Bertz CT molecular complexity index is 1780. The fourth-order valence-electron chi connectivity index (χ4n) is 5.85. The molecule has 0 amide bonds. The lowest BCUT2D eigenvalue weighted by Crippen LogP contribution is -2.57. The predicted molar refractivity (Wildman–Crippen MR) is 163 cm³/mol. The summed E-state index contributed by atoms with van der Waals surface area (Å²) in [5.74, 6) is 3.40. The molecule has 0 saturated heterocycles. The van der Waals surface area contributed by atoms with E-state index < -0.39 is 0 Å². The third-order valence-corrected chi connectivity index (χ3v) is 7.57. The number of fused-ring (bicyclic) bond motifs is 4. The van der Waals surface area contributed by atoms with Crippen LogP contribution in [-0.4, -0.2) is 6.71 Å². The molecule has 5 aromatic rings. The summed E-state index contributed by atoms with van der Waals surface area (Å²) in [6, 6.07) is 37.9. The van der Waals surface area contributed by atoms with Gasteiger partial charge in [-0.15, -0.1) is 0 Å². The minimum absolute atomic E-state index is 0.0513. The molecular formula is C36H25BO2. The van der Waals surface area contributed by atoms with Gasteiger partial charge in [0.25, 0.3) is 6.71 Å². The van der Waals surface area contributed by atoms with E-state index in [4.69, 9.17) is 9.47 Å². The van der Waals surface area contributed by atoms with E-state index in [2.05, 4.69) is 110 Å². The molecule has 3 heteroatoms. The molecule has 2 aliphatic heterocycles. The van der Waals surface area contributed by atoms with Crippen LogP contribution in [0.3, 0.4) is 0 Å². The van der Waals surface area contributed by atoms with Crippen LogP contribution in [0.1, 0.15) is 5.56 Å². The molecular weight excluding hydrogens is 475 g/mol. The van der Waals surface area contributed by atoms with Crippen LogP contribution in [0.2, 0.25) is 0 Å². The molecule has 0 bridgehead atoms. The number of rotatable bonds is 5. The third kappa shape index (κ3) is 3.66. The summed E-state index contributed by atoms with van der Waals surface area (Å²) in [5.41, 5.74) is 9.62. The normalized spacial score (nSPS) is 12.8. The van der Waals surface area contributed by atoms with Crippen molar-refractivity contribution in [2.45, 2.75) is 0 Å². The molecule has 0 saturated carbocycles. The van der Waals surface area contributed by atoms with Crippen LogP contribution in [0, 0.1) is 0 Å². The summed E-state index contributed by atoms with van der Waals surface area (Å²) in [6.45, 7) is 7.90. The van der Waals surface area contributed by atoms with Crippen molar-refractivity contribution in [3.8, 4) is 45.3 Å². The van der Waals surface area contributed by atoms with Crippen LogP contribution >= 0.6 is 0 Å². The second kappa shape index (κ2) is 9.38. The molecule has 0 spiro atoms. The highest BCUT2D eigenvalue weighted by molar-refractivity contribution is 6.98. The highest BCUT2D eigenvalue weighted by Crippen LogP contribution is 2.44. The molecule has 184 valence electrons. The molecule has 0 atom stereocenters. The predicted octanol–water partition coefficient (Wildman–Crippen LogP) is 7.50. The standard InChI is InChI=1S/C36H25BO2/c1-3-13-24(4-2)27-18-11-20-30-34(27)38-32-23-22-29(26-16-9-6-10-17-26)36-33(32)37(30)31-21-12-19-28(35(31)39-36)25-14-7-5-8-15-25/h3-23H,1-2H2/b24-13+. The number of allylic oxidation sites excluding steroid dienone is 4. The number of para-hydroxylation sites is 2. The van der Waals surface area contributed by atoms with Crippen LogP contribution in [0.4, 0.5) is 0 Å². The van der Waals surface area contributed by atoms with Crippen LogP contribution in [0.15, 0.2) is 141 Å². The summed E-state index contributed by atoms with van der Waals surface area (Å²) in [5, 5.41) is 0. The Labute approximate surface area is 229 Å². The topological polar surface area (TPSA) is 18.5 Å². The lowest BCUT2D eigenvalue weighted by molar-refractivity contribution is 0.465. The smallest absolute Gasteiger partial charge is 0.260 e. The van der Waals surface area contributed by atoms with Gasteiger partial charge in [0.1, 0.15) is 23.0 Å². The molecule has 39 heavy (non-hydrogen) atoms. The van der Waals surface area contributed by atoms with Gasteiger partial charge in [-0.25, -0.2) is 0 Å². The first-order valence-electron chi connectivity index (χ1n) is 13.1. The molecule has 2 heterocycles. The molecule has 0 aromatic heterocycles. The van der Waals surface area contributed by atoms with E-state index in [1.165, 1.54) is 0 Å². The Morgan fingerprint density at radius 2 is 1.23 bits per heavy atom. The van der Waals surface area contributed by atoms with Crippen molar-refractivity contribution < 1.29 is 9.47 Å². The highest BCUT2D eigenvalue weighted by Gasteiger charge is 2.42. The monoisotopic (exact) mass is 500 g/mol. The minimum Gasteiger partial charge on any atom is -0.458 e. The zero-order chi connectivity index (χ0) is 26.3. The van der Waals surface area contributed by atoms with E-state index in [9.17, 15) is 0 Å². The van der Waals surface area contributed by atoms with Crippen molar-refractivity contribution in [2.24, 2.45) is 0 Å². The van der Waals surface area contributed by atoms with Crippen molar-refractivity contribution in [3.63, 3.8) is 0 Å². The summed E-state index contributed by atoms with van der Waals surface area (Å²) in [6.07, 6.45) is 5.61. The first-order valence-corrected chi connectivity index (χ1v) is 13.1. The maximum atomic E-state index is 6.93. The lowest BCUT2D eigenvalue weighted by atomic mass is 9.34. The van der Waals surface area contributed by atoms with Crippen molar-refractivity contribution in [3.05, 3.63) is 146 Å². The zero-order valence-corrected chi connectivity index (χ0v) is 21.4. The van der Waals surface area contributed by atoms with Crippen molar-refractivity contribution in [2.75, 3.05) is 0 Å². The number of benzene rings is 5. The number of ether oxygens (including phenoxy) is 2. The number of hydrogen-bond donors (Lipinski definition) is 0. The van der Waals surface area contributed by atoms with Crippen LogP contribution in [-0.2, 0) is 0 Å². The van der Waals surface area contributed by atoms with Crippen LogP contribution in [0.25, 0.3) is 27.8 Å². The SMILES string of the molecule is C=C/C=C(\C=C)c1cccc2c1Oc1ccc(-c3ccccc3)c3c1B2c1cccc(-c2ccccc2)c1O3. The quantitative estimate of drug-likeness (QED) is 0.180. The average Bonchev–Trinajstić information content (AvgIpc) is 3.00. The Balaban J connectivity index is 1.54. The largest absolute Gasteiger partial charge is 0.458 e. The van der Waals surface area contributed by atoms with Gasteiger partial charge in [-0.1, -0.05) is 128 Å². The van der Waals surface area contributed by atoms with Crippen molar-refractivity contribution in [1.82, 2.24) is 0 Å². The van der Waals surface area contributed by atoms with Crippen LogP contribution in [0.5, 0.6) is 23.0 Å². The van der Waals surface area contributed by atoms with Gasteiger partial charge in [0.05, 0.1) is 0 Å². The Morgan fingerprint density at radius 3 is 1.90 bits per heavy atom. The molecule has 5 aromatic carbocycles. The summed E-state index contributed by atoms with van der Waals surface area (Å²) in [4.78, 5) is 0. The van der Waals surface area contributed by atoms with Gasteiger partial charge < -0.3 is 9.47 Å². The maximum Gasteiger partial charge on any atom is 0.260 e. The van der Waals surface area contributed by atoms with E-state index in [0.717, 1.165) is 72.8 Å². The second-order valence-corrected chi connectivity index (χ2v) is 9.73. The van der Waals surface area contributed by atoms with Gasteiger partial charge in [-0.2, -0.15) is 0 Å². The van der Waals surface area contributed by atoms with Crippen LogP contribution < -0.4 is 25.9 Å². The molecule has 0 unspecified atom stereocenters. The molecule has 7 rings (SSSR count).